The highest BCUT2D eigenvalue weighted by molar-refractivity contribution is 9.10. The molecule has 5 nitrogen and oxygen atoms in total. The number of nitrogens with one attached hydrogen (secondary N) is 2. The molecule has 4 aromatic carbocycles. The molecule has 6 rings (SSSR count). The van der Waals surface area contributed by atoms with Gasteiger partial charge in [-0.1, -0.05) is 84.4 Å². The molecule has 2 N–H and O–H groups in total. The molecule has 39 heavy (non-hydrogen) atoms. The average molecular weight is 596 g/mol. The summed E-state index contributed by atoms with van der Waals surface area (Å²) < 4.78 is 2.93. The Morgan fingerprint density at radius 3 is 2.33 bits per heavy atom. The van der Waals surface area contributed by atoms with E-state index in [1.807, 2.05) is 102 Å². The van der Waals surface area contributed by atoms with Gasteiger partial charge in [0.05, 0.1) is 10.2 Å². The number of carbonyl (C=O) groups excluding carboxylic acids is 1. The van der Waals surface area contributed by atoms with Crippen molar-refractivity contribution in [3.63, 3.8) is 0 Å². The number of rotatable bonds is 7. The van der Waals surface area contributed by atoms with Crippen molar-refractivity contribution >= 4 is 55.7 Å². The van der Waals surface area contributed by atoms with E-state index in [1.54, 1.807) is 0 Å². The van der Waals surface area contributed by atoms with Crippen LogP contribution in [0.5, 0.6) is 0 Å². The number of anilines is 1. The fourth-order valence-corrected chi connectivity index (χ4v) is 5.20. The second-order valence-corrected chi connectivity index (χ2v) is 10.5. The van der Waals surface area contributed by atoms with Crippen LogP contribution in [0.1, 0.15) is 21.5 Å². The molecule has 2 heterocycles. The fourth-order valence-electron chi connectivity index (χ4n) is 4.57. The van der Waals surface area contributed by atoms with Gasteiger partial charge in [0.15, 0.2) is 5.65 Å². The normalized spacial score (nSPS) is 11.1. The third kappa shape index (κ3) is 5.39. The van der Waals surface area contributed by atoms with Crippen LogP contribution in [0.25, 0.3) is 27.7 Å². The summed E-state index contributed by atoms with van der Waals surface area (Å²) in [6, 6.07) is 33.7. The van der Waals surface area contributed by atoms with Gasteiger partial charge >= 0.3 is 0 Å². The van der Waals surface area contributed by atoms with Gasteiger partial charge in [-0.3, -0.25) is 9.20 Å². The minimum absolute atomic E-state index is 0.0830. The van der Waals surface area contributed by atoms with Crippen LogP contribution in [0.4, 0.5) is 5.82 Å². The molecule has 0 fully saturated rings. The summed E-state index contributed by atoms with van der Waals surface area (Å²) in [4.78, 5) is 17.5. The molecule has 0 saturated carbocycles. The molecule has 0 spiro atoms. The molecule has 6 aromatic rings. The predicted octanol–water partition coefficient (Wildman–Crippen LogP) is 8.11. The minimum Gasteiger partial charge on any atom is -0.367 e. The third-order valence-corrected chi connectivity index (χ3v) is 7.63. The lowest BCUT2D eigenvalue weighted by Crippen LogP contribution is -2.22. The standard InChI is InChI=1S/C32H24BrClN4O/c33-27-15-16-38-30(18-29(37-31(27)38)26-7-3-4-8-28(26)34)35-19-21-9-11-22(12-10-21)20-36-32(39)25-14-13-23-5-1-2-6-24(23)17-25/h1-18,35H,19-20H2,(H,36,39). The quantitative estimate of drug-likeness (QED) is 0.196. The van der Waals surface area contributed by atoms with Crippen molar-refractivity contribution in [2.24, 2.45) is 0 Å². The Kier molecular flexibility index (Phi) is 7.05. The Morgan fingerprint density at radius 2 is 1.54 bits per heavy atom. The predicted molar refractivity (Wildman–Crippen MR) is 162 cm³/mol. The number of aromatic nitrogens is 2. The lowest BCUT2D eigenvalue weighted by atomic mass is 10.1. The molecule has 1 amide bonds. The van der Waals surface area contributed by atoms with Gasteiger partial charge in [-0.2, -0.15) is 0 Å². The van der Waals surface area contributed by atoms with Gasteiger partial charge < -0.3 is 10.6 Å². The van der Waals surface area contributed by atoms with E-state index in [9.17, 15) is 4.79 Å². The summed E-state index contributed by atoms with van der Waals surface area (Å²) in [6.45, 7) is 1.09. The zero-order chi connectivity index (χ0) is 26.8. The van der Waals surface area contributed by atoms with E-state index in [0.29, 0.717) is 23.7 Å². The Balaban J connectivity index is 1.13. The summed E-state index contributed by atoms with van der Waals surface area (Å²) in [6.07, 6.45) is 1.98. The Hall–Kier alpha value is -4.13. The SMILES string of the molecule is O=C(NCc1ccc(CNc2cc(-c3ccccc3Cl)nc3c(Br)ccn23)cc1)c1ccc2ccccc2c1. The van der Waals surface area contributed by atoms with E-state index in [0.717, 1.165) is 49.1 Å². The number of nitrogens with zero attached hydrogens (tertiary/aromatic N) is 2. The van der Waals surface area contributed by atoms with Crippen molar-refractivity contribution < 1.29 is 4.79 Å². The molecule has 0 unspecified atom stereocenters. The lowest BCUT2D eigenvalue weighted by Gasteiger charge is -2.13. The van der Waals surface area contributed by atoms with Crippen molar-refractivity contribution in [2.75, 3.05) is 5.32 Å². The van der Waals surface area contributed by atoms with Gasteiger partial charge in [-0.25, -0.2) is 4.98 Å². The van der Waals surface area contributed by atoms with Gasteiger partial charge in [0.1, 0.15) is 5.82 Å². The molecule has 0 saturated heterocycles. The van der Waals surface area contributed by atoms with E-state index >= 15 is 0 Å². The second-order valence-electron chi connectivity index (χ2n) is 9.28. The molecular weight excluding hydrogens is 572 g/mol. The maximum atomic E-state index is 12.7. The van der Waals surface area contributed by atoms with Crippen LogP contribution in [0.15, 0.2) is 114 Å². The van der Waals surface area contributed by atoms with Crippen molar-refractivity contribution in [1.29, 1.82) is 0 Å². The Labute approximate surface area is 239 Å². The van der Waals surface area contributed by atoms with Gasteiger partial charge in [0.25, 0.3) is 5.91 Å². The summed E-state index contributed by atoms with van der Waals surface area (Å²) >= 11 is 10.1. The fraction of sp³-hybridized carbons (Fsp3) is 0.0625. The zero-order valence-electron chi connectivity index (χ0n) is 20.9. The molecular formula is C32H24BrClN4O. The van der Waals surface area contributed by atoms with Crippen LogP contribution < -0.4 is 10.6 Å². The van der Waals surface area contributed by atoms with E-state index in [1.165, 1.54) is 0 Å². The summed E-state index contributed by atoms with van der Waals surface area (Å²) in [5, 5.41) is 9.40. The number of carbonyl (C=O) groups is 1. The highest BCUT2D eigenvalue weighted by Gasteiger charge is 2.12. The first-order valence-corrected chi connectivity index (χ1v) is 13.7. The van der Waals surface area contributed by atoms with Crippen LogP contribution in [0, 0.1) is 0 Å². The first kappa shape index (κ1) is 25.2. The molecule has 0 atom stereocenters. The van der Waals surface area contributed by atoms with E-state index < -0.39 is 0 Å². The van der Waals surface area contributed by atoms with E-state index in [2.05, 4.69) is 38.7 Å². The average Bonchev–Trinajstić information content (AvgIpc) is 3.35. The van der Waals surface area contributed by atoms with Crippen LogP contribution in [-0.4, -0.2) is 15.3 Å². The lowest BCUT2D eigenvalue weighted by molar-refractivity contribution is 0.0951. The smallest absolute Gasteiger partial charge is 0.251 e. The highest BCUT2D eigenvalue weighted by atomic mass is 79.9. The van der Waals surface area contributed by atoms with Crippen molar-refractivity contribution in [2.45, 2.75) is 13.1 Å². The third-order valence-electron chi connectivity index (χ3n) is 6.68. The second kappa shape index (κ2) is 10.9. The largest absolute Gasteiger partial charge is 0.367 e. The number of benzene rings is 4. The summed E-state index contributed by atoms with van der Waals surface area (Å²) in [5.41, 5.74) is 5.31. The van der Waals surface area contributed by atoms with Gasteiger partial charge in [0.2, 0.25) is 0 Å². The molecule has 0 radical (unpaired) electrons. The number of hydrogen-bond donors (Lipinski definition) is 2. The number of hydrogen-bond acceptors (Lipinski definition) is 3. The Bertz CT molecular complexity index is 1810. The molecule has 0 aliphatic rings. The number of fused-ring (bicyclic) bond motifs is 2. The van der Waals surface area contributed by atoms with Crippen molar-refractivity contribution in [3.8, 4) is 11.3 Å². The van der Waals surface area contributed by atoms with Gasteiger partial charge in [-0.05, 0) is 62.1 Å². The van der Waals surface area contributed by atoms with Crippen molar-refractivity contribution in [1.82, 2.24) is 14.7 Å². The molecule has 0 aliphatic heterocycles. The molecule has 0 bridgehead atoms. The first-order valence-electron chi connectivity index (χ1n) is 12.6. The minimum atomic E-state index is -0.0830. The summed E-state index contributed by atoms with van der Waals surface area (Å²) in [7, 11) is 0. The maximum absolute atomic E-state index is 12.7. The van der Waals surface area contributed by atoms with E-state index in [4.69, 9.17) is 16.6 Å². The van der Waals surface area contributed by atoms with Crippen LogP contribution in [0.3, 0.4) is 0 Å². The maximum Gasteiger partial charge on any atom is 0.251 e. The zero-order valence-corrected chi connectivity index (χ0v) is 23.2. The van der Waals surface area contributed by atoms with Crippen molar-refractivity contribution in [3.05, 3.63) is 136 Å². The molecule has 192 valence electrons. The highest BCUT2D eigenvalue weighted by Crippen LogP contribution is 2.31. The first-order chi connectivity index (χ1) is 19.0. The number of amides is 1. The monoisotopic (exact) mass is 594 g/mol. The van der Waals surface area contributed by atoms with Gasteiger partial charge in [0, 0.05) is 41.5 Å². The molecule has 0 aliphatic carbocycles. The van der Waals surface area contributed by atoms with E-state index in [-0.39, 0.29) is 5.91 Å². The molecule has 2 aromatic heterocycles. The topological polar surface area (TPSA) is 58.4 Å². The Morgan fingerprint density at radius 1 is 0.821 bits per heavy atom. The van der Waals surface area contributed by atoms with Crippen LogP contribution in [0.2, 0.25) is 5.02 Å². The molecule has 7 heteroatoms. The van der Waals surface area contributed by atoms with Gasteiger partial charge in [-0.15, -0.1) is 0 Å². The summed E-state index contributed by atoms with van der Waals surface area (Å²) in [5.74, 6) is 0.827. The van der Waals surface area contributed by atoms with Crippen LogP contribution in [-0.2, 0) is 13.1 Å². The number of halogens is 2. The van der Waals surface area contributed by atoms with Crippen LogP contribution >= 0.6 is 27.5 Å².